The molecule has 18 heavy (non-hydrogen) atoms. The minimum atomic E-state index is 0.729. The fourth-order valence-electron chi connectivity index (χ4n) is 2.72. The van der Waals surface area contributed by atoms with E-state index in [9.17, 15) is 0 Å². The number of hydrogen-bond acceptors (Lipinski definition) is 3. The Labute approximate surface area is 115 Å². The molecule has 2 heterocycles. The highest BCUT2D eigenvalue weighted by molar-refractivity contribution is 7.09. The van der Waals surface area contributed by atoms with E-state index in [-0.39, 0.29) is 0 Å². The number of hydrogen-bond donors (Lipinski definition) is 1. The van der Waals surface area contributed by atoms with Crippen LogP contribution in [0.5, 0.6) is 0 Å². The first-order valence-electron chi connectivity index (χ1n) is 7.22. The van der Waals surface area contributed by atoms with Gasteiger partial charge in [-0.15, -0.1) is 11.3 Å². The van der Waals surface area contributed by atoms with Gasteiger partial charge in [0.05, 0.1) is 0 Å². The van der Waals surface area contributed by atoms with Gasteiger partial charge in [0.2, 0.25) is 0 Å². The van der Waals surface area contributed by atoms with Crippen molar-refractivity contribution in [2.75, 3.05) is 26.2 Å². The Bertz CT molecular complexity index is 315. The van der Waals surface area contributed by atoms with Crippen LogP contribution in [0.15, 0.2) is 17.5 Å². The summed E-state index contributed by atoms with van der Waals surface area (Å²) < 4.78 is 0. The summed E-state index contributed by atoms with van der Waals surface area (Å²) in [5, 5.41) is 5.80. The highest BCUT2D eigenvalue weighted by Gasteiger charge is 2.18. The van der Waals surface area contributed by atoms with Gasteiger partial charge in [-0.05, 0) is 43.2 Å². The van der Waals surface area contributed by atoms with Gasteiger partial charge < -0.3 is 10.2 Å². The van der Waals surface area contributed by atoms with Gasteiger partial charge in [-0.3, -0.25) is 0 Å². The minimum Gasteiger partial charge on any atom is -0.313 e. The maximum absolute atomic E-state index is 3.61. The fraction of sp³-hybridized carbons (Fsp3) is 0.733. The van der Waals surface area contributed by atoms with Gasteiger partial charge in [0.15, 0.2) is 0 Å². The second-order valence-electron chi connectivity index (χ2n) is 5.78. The van der Waals surface area contributed by atoms with Crippen LogP contribution in [0.2, 0.25) is 0 Å². The van der Waals surface area contributed by atoms with E-state index >= 15 is 0 Å². The van der Waals surface area contributed by atoms with Crippen molar-refractivity contribution in [2.45, 2.75) is 39.2 Å². The number of thiophene rings is 1. The van der Waals surface area contributed by atoms with Crippen molar-refractivity contribution in [1.29, 1.82) is 0 Å². The molecule has 0 bridgehead atoms. The normalized spacial score (nSPS) is 20.1. The summed E-state index contributed by atoms with van der Waals surface area (Å²) in [5.74, 6) is 0.759. The Kier molecular flexibility index (Phi) is 5.67. The lowest BCUT2D eigenvalue weighted by Gasteiger charge is -2.27. The molecule has 1 aliphatic rings. The van der Waals surface area contributed by atoms with Crippen molar-refractivity contribution in [3.05, 3.63) is 22.4 Å². The van der Waals surface area contributed by atoms with Crippen molar-refractivity contribution in [3.8, 4) is 0 Å². The summed E-state index contributed by atoms with van der Waals surface area (Å²) in [4.78, 5) is 4.16. The largest absolute Gasteiger partial charge is 0.313 e. The van der Waals surface area contributed by atoms with Crippen LogP contribution >= 0.6 is 11.3 Å². The van der Waals surface area contributed by atoms with Gasteiger partial charge in [-0.2, -0.15) is 0 Å². The molecule has 1 saturated heterocycles. The second-order valence-corrected chi connectivity index (χ2v) is 6.81. The van der Waals surface area contributed by atoms with E-state index in [0.29, 0.717) is 0 Å². The molecule has 0 saturated carbocycles. The molecule has 2 rings (SSSR count). The highest BCUT2D eigenvalue weighted by Crippen LogP contribution is 2.12. The molecular weight excluding hydrogens is 240 g/mol. The first kappa shape index (κ1) is 14.0. The monoisotopic (exact) mass is 266 g/mol. The van der Waals surface area contributed by atoms with Crippen LogP contribution in [0.4, 0.5) is 0 Å². The Morgan fingerprint density at radius 1 is 1.50 bits per heavy atom. The van der Waals surface area contributed by atoms with Crippen LogP contribution in [0.25, 0.3) is 0 Å². The van der Waals surface area contributed by atoms with Crippen molar-refractivity contribution < 1.29 is 0 Å². The lowest BCUT2D eigenvalue weighted by molar-refractivity contribution is 0.227. The van der Waals surface area contributed by atoms with Gasteiger partial charge in [0.25, 0.3) is 0 Å². The Morgan fingerprint density at radius 3 is 3.00 bits per heavy atom. The predicted molar refractivity (Wildman–Crippen MR) is 80.3 cm³/mol. The SMILES string of the molecule is CC(C)CN(CCc1cccs1)CC1CCCN1. The molecule has 1 unspecified atom stereocenters. The maximum Gasteiger partial charge on any atom is 0.0195 e. The molecule has 3 heteroatoms. The zero-order chi connectivity index (χ0) is 12.8. The second kappa shape index (κ2) is 7.27. The molecule has 0 aliphatic carbocycles. The number of rotatable bonds is 7. The van der Waals surface area contributed by atoms with Gasteiger partial charge in [-0.25, -0.2) is 0 Å². The van der Waals surface area contributed by atoms with Crippen LogP contribution in [0.3, 0.4) is 0 Å². The molecule has 1 aromatic rings. The van der Waals surface area contributed by atoms with E-state index in [0.717, 1.165) is 12.0 Å². The summed E-state index contributed by atoms with van der Waals surface area (Å²) in [6.07, 6.45) is 3.91. The van der Waals surface area contributed by atoms with Crippen LogP contribution in [0, 0.1) is 5.92 Å². The molecule has 1 aromatic heterocycles. The van der Waals surface area contributed by atoms with E-state index in [1.54, 1.807) is 0 Å². The van der Waals surface area contributed by atoms with Gasteiger partial charge in [0, 0.05) is 30.6 Å². The molecule has 1 fully saturated rings. The molecule has 1 aliphatic heterocycles. The molecule has 102 valence electrons. The fourth-order valence-corrected chi connectivity index (χ4v) is 3.42. The Hall–Kier alpha value is -0.380. The zero-order valence-corrected chi connectivity index (χ0v) is 12.5. The molecule has 0 spiro atoms. The number of nitrogens with zero attached hydrogens (tertiary/aromatic N) is 1. The third-order valence-corrected chi connectivity index (χ3v) is 4.46. The quantitative estimate of drug-likeness (QED) is 0.816. The Morgan fingerprint density at radius 2 is 2.39 bits per heavy atom. The molecule has 0 amide bonds. The first-order valence-corrected chi connectivity index (χ1v) is 8.10. The van der Waals surface area contributed by atoms with Gasteiger partial charge >= 0.3 is 0 Å². The Balaban J connectivity index is 1.79. The summed E-state index contributed by atoms with van der Waals surface area (Å²) in [6, 6.07) is 5.14. The smallest absolute Gasteiger partial charge is 0.0195 e. The zero-order valence-electron chi connectivity index (χ0n) is 11.7. The average Bonchev–Trinajstić information content (AvgIpc) is 2.97. The summed E-state index contributed by atoms with van der Waals surface area (Å²) in [5.41, 5.74) is 0. The summed E-state index contributed by atoms with van der Waals surface area (Å²) in [7, 11) is 0. The van der Waals surface area contributed by atoms with Crippen molar-refractivity contribution in [3.63, 3.8) is 0 Å². The van der Waals surface area contributed by atoms with E-state index < -0.39 is 0 Å². The van der Waals surface area contributed by atoms with Crippen LogP contribution in [-0.2, 0) is 6.42 Å². The lowest BCUT2D eigenvalue weighted by atomic mass is 10.1. The molecule has 0 aromatic carbocycles. The molecule has 0 radical (unpaired) electrons. The third-order valence-electron chi connectivity index (χ3n) is 3.52. The van der Waals surface area contributed by atoms with Crippen molar-refractivity contribution in [1.82, 2.24) is 10.2 Å². The van der Waals surface area contributed by atoms with Gasteiger partial charge in [-0.1, -0.05) is 19.9 Å². The van der Waals surface area contributed by atoms with E-state index in [1.165, 1.54) is 50.3 Å². The molecular formula is C15H26N2S. The summed E-state index contributed by atoms with van der Waals surface area (Å²) in [6.45, 7) is 9.51. The van der Waals surface area contributed by atoms with Gasteiger partial charge in [0.1, 0.15) is 0 Å². The van der Waals surface area contributed by atoms with Crippen LogP contribution in [0.1, 0.15) is 31.6 Å². The van der Waals surface area contributed by atoms with E-state index in [1.807, 2.05) is 11.3 Å². The maximum atomic E-state index is 3.61. The standard InChI is InChI=1S/C15H26N2S/c1-13(2)11-17(12-14-5-3-8-16-14)9-7-15-6-4-10-18-15/h4,6,10,13-14,16H,3,5,7-9,11-12H2,1-2H3. The topological polar surface area (TPSA) is 15.3 Å². The van der Waals surface area contributed by atoms with Crippen molar-refractivity contribution in [2.24, 2.45) is 5.92 Å². The highest BCUT2D eigenvalue weighted by atomic mass is 32.1. The third kappa shape index (κ3) is 4.71. The molecule has 2 nitrogen and oxygen atoms in total. The average molecular weight is 266 g/mol. The first-order chi connectivity index (χ1) is 8.74. The van der Waals surface area contributed by atoms with E-state index in [4.69, 9.17) is 0 Å². The minimum absolute atomic E-state index is 0.729. The van der Waals surface area contributed by atoms with Crippen molar-refractivity contribution >= 4 is 11.3 Å². The lowest BCUT2D eigenvalue weighted by Crippen LogP contribution is -2.40. The molecule has 1 atom stereocenters. The van der Waals surface area contributed by atoms with E-state index in [2.05, 4.69) is 41.6 Å². The summed E-state index contributed by atoms with van der Waals surface area (Å²) >= 11 is 1.88. The number of nitrogens with one attached hydrogen (secondary N) is 1. The van der Waals surface area contributed by atoms with Crippen LogP contribution in [-0.4, -0.2) is 37.1 Å². The van der Waals surface area contributed by atoms with Crippen LogP contribution < -0.4 is 5.32 Å². The molecule has 1 N–H and O–H groups in total. The predicted octanol–water partition coefficient (Wildman–Crippen LogP) is 3.00.